The highest BCUT2D eigenvalue weighted by Crippen LogP contribution is 2.44. The Bertz CT molecular complexity index is 1370. The number of hydrogen-bond acceptors (Lipinski definition) is 7. The molecule has 0 saturated carbocycles. The van der Waals surface area contributed by atoms with Gasteiger partial charge in [-0.2, -0.15) is 4.98 Å². The fraction of sp³-hybridized carbons (Fsp3) is 0.167. The van der Waals surface area contributed by atoms with Crippen LogP contribution in [-0.2, 0) is 4.79 Å². The Labute approximate surface area is 199 Å². The van der Waals surface area contributed by atoms with Crippen molar-refractivity contribution >= 4 is 35.0 Å². The second-order valence-electron chi connectivity index (χ2n) is 7.49. The van der Waals surface area contributed by atoms with E-state index >= 15 is 0 Å². The average Bonchev–Trinajstić information content (AvgIpc) is 3.25. The summed E-state index contributed by atoms with van der Waals surface area (Å²) in [7, 11) is 0. The summed E-state index contributed by atoms with van der Waals surface area (Å²) in [6, 6.07) is 16.8. The van der Waals surface area contributed by atoms with Gasteiger partial charge in [-0.25, -0.2) is 0 Å². The van der Waals surface area contributed by atoms with E-state index in [1.165, 1.54) is 18.7 Å². The summed E-state index contributed by atoms with van der Waals surface area (Å²) in [5.41, 5.74) is 3.61. The van der Waals surface area contributed by atoms with Crippen LogP contribution in [0.4, 0.5) is 5.69 Å². The van der Waals surface area contributed by atoms with Gasteiger partial charge in [0.25, 0.3) is 0 Å². The first kappa shape index (κ1) is 21.5. The molecule has 1 aliphatic rings. The lowest BCUT2D eigenvalue weighted by Crippen LogP contribution is -2.35. The van der Waals surface area contributed by atoms with Gasteiger partial charge in [-0.15, -0.1) is 10.2 Å². The van der Waals surface area contributed by atoms with Gasteiger partial charge in [-0.05, 0) is 43.0 Å². The van der Waals surface area contributed by atoms with Crippen molar-refractivity contribution in [2.75, 3.05) is 11.2 Å². The van der Waals surface area contributed by atoms with Gasteiger partial charge in [-0.3, -0.25) is 9.69 Å². The van der Waals surface area contributed by atoms with Crippen molar-refractivity contribution in [3.8, 4) is 28.5 Å². The number of anilines is 1. The minimum atomic E-state index is -0.883. The molecular weight excluding hydrogens is 460 g/mol. The Morgan fingerprint density at radius 3 is 2.70 bits per heavy atom. The van der Waals surface area contributed by atoms with Crippen molar-refractivity contribution in [1.29, 1.82) is 0 Å². The minimum Gasteiger partial charge on any atom is -0.455 e. The van der Waals surface area contributed by atoms with Crippen LogP contribution < -0.4 is 9.64 Å². The van der Waals surface area contributed by atoms with E-state index in [1.807, 2.05) is 61.7 Å². The van der Waals surface area contributed by atoms with Gasteiger partial charge in [-0.1, -0.05) is 53.7 Å². The number of thioether (sulfide) groups is 1. The smallest absolute Gasteiger partial charge is 0.247 e. The number of para-hydroxylation sites is 1. The molecule has 1 atom stereocenters. The molecule has 3 heterocycles. The molecule has 0 saturated heterocycles. The number of fused-ring (bicyclic) bond motifs is 3. The molecule has 0 aliphatic carbocycles. The summed E-state index contributed by atoms with van der Waals surface area (Å²) in [4.78, 5) is 18.9. The largest absolute Gasteiger partial charge is 0.455 e. The van der Waals surface area contributed by atoms with Gasteiger partial charge in [0.2, 0.25) is 23.2 Å². The van der Waals surface area contributed by atoms with E-state index in [9.17, 15) is 4.79 Å². The first-order chi connectivity index (χ1) is 16.0. The van der Waals surface area contributed by atoms with Crippen molar-refractivity contribution in [2.24, 2.45) is 0 Å². The predicted octanol–water partition coefficient (Wildman–Crippen LogP) is 5.93. The third-order valence-electron chi connectivity index (χ3n) is 5.36. The minimum absolute atomic E-state index is 0.213. The number of amides is 1. The van der Waals surface area contributed by atoms with Gasteiger partial charge in [0.1, 0.15) is 5.76 Å². The molecule has 166 valence electrons. The van der Waals surface area contributed by atoms with Crippen molar-refractivity contribution in [3.63, 3.8) is 0 Å². The van der Waals surface area contributed by atoms with Gasteiger partial charge in [0.15, 0.2) is 11.5 Å². The number of carbonyl (C=O) groups excluding carboxylic acids is 1. The topological polar surface area (TPSA) is 81.3 Å². The summed E-state index contributed by atoms with van der Waals surface area (Å²) >= 11 is 7.66. The predicted molar refractivity (Wildman–Crippen MR) is 127 cm³/mol. The molecule has 7 nitrogen and oxygen atoms in total. The normalized spacial score (nSPS) is 14.8. The van der Waals surface area contributed by atoms with E-state index in [0.717, 1.165) is 11.1 Å². The molecule has 0 N–H and O–H groups in total. The maximum absolute atomic E-state index is 12.9. The Balaban J connectivity index is 1.65. The molecule has 0 bridgehead atoms. The lowest BCUT2D eigenvalue weighted by Gasteiger charge is -2.28. The zero-order chi connectivity index (χ0) is 23.1. The molecule has 1 aliphatic heterocycles. The number of aromatic nitrogens is 3. The number of aryl methyl sites for hydroxylation is 1. The van der Waals surface area contributed by atoms with Crippen molar-refractivity contribution < 1.29 is 13.9 Å². The molecule has 0 radical (unpaired) electrons. The van der Waals surface area contributed by atoms with Crippen LogP contribution in [0.3, 0.4) is 0 Å². The Hall–Kier alpha value is -3.36. The number of benzene rings is 2. The lowest BCUT2D eigenvalue weighted by molar-refractivity contribution is -0.118. The maximum Gasteiger partial charge on any atom is 0.247 e. The number of halogens is 1. The molecule has 2 aromatic heterocycles. The van der Waals surface area contributed by atoms with Crippen molar-refractivity contribution in [1.82, 2.24) is 15.2 Å². The first-order valence-electron chi connectivity index (χ1n) is 10.2. The van der Waals surface area contributed by atoms with Crippen LogP contribution in [0.25, 0.3) is 22.6 Å². The van der Waals surface area contributed by atoms with E-state index in [2.05, 4.69) is 15.2 Å². The van der Waals surface area contributed by atoms with Crippen LogP contribution in [0.1, 0.15) is 24.5 Å². The van der Waals surface area contributed by atoms with E-state index in [4.69, 9.17) is 20.8 Å². The van der Waals surface area contributed by atoms with Gasteiger partial charge >= 0.3 is 0 Å². The molecule has 0 fully saturated rings. The molecule has 1 amide bonds. The third-order valence-corrected chi connectivity index (χ3v) is 6.31. The number of furan rings is 1. The highest BCUT2D eigenvalue weighted by atomic mass is 35.5. The molecule has 5 rings (SSSR count). The maximum atomic E-state index is 12.9. The molecule has 2 aromatic carbocycles. The monoisotopic (exact) mass is 478 g/mol. The highest BCUT2D eigenvalue weighted by molar-refractivity contribution is 7.98. The summed E-state index contributed by atoms with van der Waals surface area (Å²) in [5, 5.41) is 9.62. The van der Waals surface area contributed by atoms with Crippen LogP contribution in [0.5, 0.6) is 5.88 Å². The van der Waals surface area contributed by atoms with Crippen LogP contribution in [-0.4, -0.2) is 27.3 Å². The number of rotatable bonds is 3. The summed E-state index contributed by atoms with van der Waals surface area (Å²) in [6.07, 6.45) is 0.977. The summed E-state index contributed by atoms with van der Waals surface area (Å²) in [6.45, 7) is 3.43. The lowest BCUT2D eigenvalue weighted by atomic mass is 10.1. The van der Waals surface area contributed by atoms with Crippen molar-refractivity contribution in [2.45, 2.75) is 25.2 Å². The SMILES string of the molecule is CSc1nnc2c(n1)O[C@@H](c1ccc(-c3ccc(C)c(Cl)c3)o1)N(C(C)=O)c1ccccc1-2. The fourth-order valence-corrected chi connectivity index (χ4v) is 4.19. The summed E-state index contributed by atoms with van der Waals surface area (Å²) < 4.78 is 12.5. The second kappa shape index (κ2) is 8.53. The third kappa shape index (κ3) is 3.85. The zero-order valence-electron chi connectivity index (χ0n) is 18.1. The van der Waals surface area contributed by atoms with E-state index in [1.54, 1.807) is 11.0 Å². The molecule has 9 heteroatoms. The Morgan fingerprint density at radius 2 is 1.94 bits per heavy atom. The van der Waals surface area contributed by atoms with Gasteiger partial charge in [0.05, 0.1) is 5.69 Å². The first-order valence-corrected chi connectivity index (χ1v) is 11.8. The average molecular weight is 479 g/mol. The highest BCUT2D eigenvalue weighted by Gasteiger charge is 2.36. The molecule has 0 unspecified atom stereocenters. The Kier molecular flexibility index (Phi) is 5.55. The van der Waals surface area contributed by atoms with Crippen LogP contribution >= 0.6 is 23.4 Å². The molecular formula is C24H19ClN4O3S. The van der Waals surface area contributed by atoms with E-state index in [-0.39, 0.29) is 11.8 Å². The number of carbonyl (C=O) groups is 1. The standard InChI is InChI=1S/C24H19ClN4O3S/c1-13-8-9-15(12-17(13)25)19-10-11-20(31-19)23-29(14(2)30)18-7-5-4-6-16(18)21-22(32-23)26-24(33-3)28-27-21/h4-12,23H,1-3H3/t23-/m0/s1. The van der Waals surface area contributed by atoms with Crippen molar-refractivity contribution in [3.05, 3.63) is 70.9 Å². The Morgan fingerprint density at radius 1 is 1.12 bits per heavy atom. The second-order valence-corrected chi connectivity index (χ2v) is 8.68. The number of nitrogens with zero attached hydrogens (tertiary/aromatic N) is 4. The zero-order valence-corrected chi connectivity index (χ0v) is 19.6. The van der Waals surface area contributed by atoms with Crippen LogP contribution in [0.2, 0.25) is 5.02 Å². The summed E-state index contributed by atoms with van der Waals surface area (Å²) in [5.74, 6) is 1.13. The quantitative estimate of drug-likeness (QED) is 0.338. The number of hydrogen-bond donors (Lipinski definition) is 0. The van der Waals surface area contributed by atoms with Gasteiger partial charge in [0, 0.05) is 23.1 Å². The fourth-order valence-electron chi connectivity index (χ4n) is 3.71. The van der Waals surface area contributed by atoms with Crippen LogP contribution in [0.15, 0.2) is 64.2 Å². The van der Waals surface area contributed by atoms with Gasteiger partial charge < -0.3 is 9.15 Å². The molecule has 33 heavy (non-hydrogen) atoms. The molecule has 0 spiro atoms. The molecule has 4 aromatic rings. The van der Waals surface area contributed by atoms with E-state index < -0.39 is 6.23 Å². The van der Waals surface area contributed by atoms with E-state index in [0.29, 0.717) is 38.6 Å². The van der Waals surface area contributed by atoms with Crippen LogP contribution in [0, 0.1) is 6.92 Å². The number of ether oxygens (including phenoxy) is 1.